The molecule has 1 aromatic carbocycles. The van der Waals surface area contributed by atoms with Crippen LogP contribution in [0.2, 0.25) is 0 Å². The zero-order valence-corrected chi connectivity index (χ0v) is 15.4. The molecule has 0 aliphatic carbocycles. The molecule has 0 unspecified atom stereocenters. The van der Waals surface area contributed by atoms with E-state index in [1.807, 2.05) is 31.5 Å². The molecule has 3 rings (SSSR count). The number of para-hydroxylation sites is 1. The van der Waals surface area contributed by atoms with Crippen LogP contribution in [-0.4, -0.2) is 25.5 Å². The number of carbonyl (C=O) groups is 2. The molecule has 134 valence electrons. The Morgan fingerprint density at radius 1 is 1.23 bits per heavy atom. The number of imide groups is 1. The maximum atomic E-state index is 12.6. The van der Waals surface area contributed by atoms with Gasteiger partial charge in [0.05, 0.1) is 16.4 Å². The van der Waals surface area contributed by atoms with Gasteiger partial charge >= 0.3 is 0 Å². The van der Waals surface area contributed by atoms with Crippen LogP contribution in [0.1, 0.15) is 22.5 Å². The van der Waals surface area contributed by atoms with E-state index in [-0.39, 0.29) is 12.2 Å². The van der Waals surface area contributed by atoms with Gasteiger partial charge in [-0.15, -0.1) is 0 Å². The Bertz CT molecular complexity index is 961. The Morgan fingerprint density at radius 2 is 1.92 bits per heavy atom. The standard InChI is InChI=1S/C18H17N3O4S/c1-11-8-14(12(2)19(11)3)9-16-17(22)20(18(23)26-16)10-13-6-4-5-7-15(13)21(24)25/h4-9H,10H2,1-3H3/b16-9-. The molecule has 0 N–H and O–H groups in total. The van der Waals surface area contributed by atoms with E-state index in [1.165, 1.54) is 6.07 Å². The van der Waals surface area contributed by atoms with Crippen molar-refractivity contribution in [2.45, 2.75) is 20.4 Å². The minimum atomic E-state index is -0.514. The van der Waals surface area contributed by atoms with Gasteiger partial charge in [0.15, 0.2) is 0 Å². The molecule has 1 aliphatic heterocycles. The molecule has 8 heteroatoms. The van der Waals surface area contributed by atoms with Crippen molar-refractivity contribution < 1.29 is 14.5 Å². The summed E-state index contributed by atoms with van der Waals surface area (Å²) in [5.74, 6) is -0.431. The number of nitro groups is 1. The number of carbonyl (C=O) groups excluding carboxylic acids is 2. The van der Waals surface area contributed by atoms with E-state index in [0.717, 1.165) is 33.6 Å². The molecule has 0 radical (unpaired) electrons. The third-order valence-corrected chi connectivity index (χ3v) is 5.40. The highest BCUT2D eigenvalue weighted by Gasteiger charge is 2.36. The second-order valence-corrected chi connectivity index (χ2v) is 7.03. The average Bonchev–Trinajstić information content (AvgIpc) is 3.00. The van der Waals surface area contributed by atoms with Gasteiger partial charge in [-0.05, 0) is 43.3 Å². The van der Waals surface area contributed by atoms with Crippen molar-refractivity contribution in [2.24, 2.45) is 7.05 Å². The highest BCUT2D eigenvalue weighted by Crippen LogP contribution is 2.35. The zero-order valence-electron chi connectivity index (χ0n) is 14.6. The van der Waals surface area contributed by atoms with Gasteiger partial charge in [0.25, 0.3) is 16.8 Å². The van der Waals surface area contributed by atoms with Crippen LogP contribution >= 0.6 is 11.8 Å². The highest BCUT2D eigenvalue weighted by atomic mass is 32.2. The van der Waals surface area contributed by atoms with E-state index < -0.39 is 16.1 Å². The normalized spacial score (nSPS) is 16.0. The number of rotatable bonds is 4. The molecule has 1 saturated heterocycles. The second kappa shape index (κ2) is 6.80. The minimum absolute atomic E-state index is 0.106. The summed E-state index contributed by atoms with van der Waals surface area (Å²) in [6.45, 7) is 3.78. The number of nitrogens with zero attached hydrogens (tertiary/aromatic N) is 3. The Kier molecular flexibility index (Phi) is 4.69. The van der Waals surface area contributed by atoms with E-state index in [4.69, 9.17) is 0 Å². The number of aryl methyl sites for hydroxylation is 1. The molecule has 0 atom stereocenters. The lowest BCUT2D eigenvalue weighted by Gasteiger charge is -2.12. The molecule has 2 amide bonds. The number of hydrogen-bond donors (Lipinski definition) is 0. The van der Waals surface area contributed by atoms with E-state index >= 15 is 0 Å². The summed E-state index contributed by atoms with van der Waals surface area (Å²) in [4.78, 5) is 36.9. The Hall–Kier alpha value is -2.87. The van der Waals surface area contributed by atoms with Gasteiger partial charge in [0.1, 0.15) is 0 Å². The first-order chi connectivity index (χ1) is 12.3. The lowest BCUT2D eigenvalue weighted by Crippen LogP contribution is -2.27. The molecule has 26 heavy (non-hydrogen) atoms. The fourth-order valence-electron chi connectivity index (χ4n) is 2.80. The zero-order chi connectivity index (χ0) is 19.0. The van der Waals surface area contributed by atoms with Gasteiger partial charge in [-0.25, -0.2) is 0 Å². The summed E-state index contributed by atoms with van der Waals surface area (Å²) in [7, 11) is 1.93. The monoisotopic (exact) mass is 371 g/mol. The first-order valence-corrected chi connectivity index (χ1v) is 8.72. The SMILES string of the molecule is Cc1cc(/C=C2\SC(=O)N(Cc3ccccc3[N+](=O)[O-])C2=O)c(C)n1C. The fraction of sp³-hybridized carbons (Fsp3) is 0.222. The number of amides is 2. The van der Waals surface area contributed by atoms with Gasteiger partial charge in [0, 0.05) is 30.1 Å². The van der Waals surface area contributed by atoms with Crippen LogP contribution in [0.3, 0.4) is 0 Å². The average molecular weight is 371 g/mol. The van der Waals surface area contributed by atoms with Crippen molar-refractivity contribution in [1.29, 1.82) is 0 Å². The van der Waals surface area contributed by atoms with Gasteiger partial charge < -0.3 is 4.57 Å². The van der Waals surface area contributed by atoms with Crippen LogP contribution in [0.25, 0.3) is 6.08 Å². The van der Waals surface area contributed by atoms with Crippen molar-refractivity contribution in [3.05, 3.63) is 67.9 Å². The Labute approximate surface area is 154 Å². The maximum absolute atomic E-state index is 12.6. The van der Waals surface area contributed by atoms with Crippen molar-refractivity contribution >= 4 is 34.7 Å². The summed E-state index contributed by atoms with van der Waals surface area (Å²) in [6, 6.07) is 8.06. The molecule has 1 fully saturated rings. The summed E-state index contributed by atoms with van der Waals surface area (Å²) >= 11 is 0.853. The fourth-order valence-corrected chi connectivity index (χ4v) is 3.63. The van der Waals surface area contributed by atoms with Crippen LogP contribution in [0, 0.1) is 24.0 Å². The first kappa shape index (κ1) is 17.9. The van der Waals surface area contributed by atoms with Gasteiger partial charge in [0.2, 0.25) is 0 Å². The van der Waals surface area contributed by atoms with Gasteiger partial charge in [-0.2, -0.15) is 0 Å². The van der Waals surface area contributed by atoms with Crippen molar-refractivity contribution in [1.82, 2.24) is 9.47 Å². The van der Waals surface area contributed by atoms with Crippen molar-refractivity contribution in [2.75, 3.05) is 0 Å². The van der Waals surface area contributed by atoms with Gasteiger partial charge in [-0.1, -0.05) is 18.2 Å². The Morgan fingerprint density at radius 3 is 2.54 bits per heavy atom. The van der Waals surface area contributed by atoms with Crippen LogP contribution in [0.15, 0.2) is 35.2 Å². The molecule has 2 aromatic rings. The molecule has 1 aliphatic rings. The molecule has 0 bridgehead atoms. The predicted octanol–water partition coefficient (Wildman–Crippen LogP) is 3.79. The lowest BCUT2D eigenvalue weighted by atomic mass is 10.1. The largest absolute Gasteiger partial charge is 0.352 e. The molecular weight excluding hydrogens is 354 g/mol. The quantitative estimate of drug-likeness (QED) is 0.464. The summed E-state index contributed by atoms with van der Waals surface area (Å²) in [6.07, 6.45) is 1.70. The summed E-state index contributed by atoms with van der Waals surface area (Å²) in [5, 5.41) is 10.7. The first-order valence-electron chi connectivity index (χ1n) is 7.90. The highest BCUT2D eigenvalue weighted by molar-refractivity contribution is 8.18. The van der Waals surface area contributed by atoms with E-state index in [9.17, 15) is 19.7 Å². The number of benzene rings is 1. The second-order valence-electron chi connectivity index (χ2n) is 6.04. The van der Waals surface area contributed by atoms with Crippen LogP contribution in [0.4, 0.5) is 10.5 Å². The third-order valence-electron chi connectivity index (χ3n) is 4.49. The van der Waals surface area contributed by atoms with Crippen molar-refractivity contribution in [3.63, 3.8) is 0 Å². The molecule has 1 aromatic heterocycles. The molecule has 7 nitrogen and oxygen atoms in total. The molecular formula is C18H17N3O4S. The molecule has 0 saturated carbocycles. The minimum Gasteiger partial charge on any atom is -0.352 e. The number of thioether (sulfide) groups is 1. The number of hydrogen-bond acceptors (Lipinski definition) is 5. The molecule has 2 heterocycles. The number of nitro benzene ring substituents is 1. The molecule has 0 spiro atoms. The van der Waals surface area contributed by atoms with Crippen LogP contribution < -0.4 is 0 Å². The Balaban J connectivity index is 1.89. The summed E-state index contributed by atoms with van der Waals surface area (Å²) < 4.78 is 2.00. The van der Waals surface area contributed by atoms with E-state index in [2.05, 4.69) is 0 Å². The topological polar surface area (TPSA) is 85.5 Å². The van der Waals surface area contributed by atoms with E-state index in [1.54, 1.807) is 24.3 Å². The summed E-state index contributed by atoms with van der Waals surface area (Å²) in [5.41, 5.74) is 3.14. The van der Waals surface area contributed by atoms with E-state index in [0.29, 0.717) is 10.5 Å². The smallest absolute Gasteiger partial charge is 0.293 e. The maximum Gasteiger partial charge on any atom is 0.293 e. The third kappa shape index (κ3) is 3.15. The van der Waals surface area contributed by atoms with Crippen molar-refractivity contribution in [3.8, 4) is 0 Å². The van der Waals surface area contributed by atoms with Crippen LogP contribution in [0.5, 0.6) is 0 Å². The number of aromatic nitrogens is 1. The predicted molar refractivity (Wildman–Crippen MR) is 99.5 cm³/mol. The van der Waals surface area contributed by atoms with Gasteiger partial charge in [-0.3, -0.25) is 24.6 Å². The lowest BCUT2D eigenvalue weighted by molar-refractivity contribution is -0.385. The van der Waals surface area contributed by atoms with Crippen LogP contribution in [-0.2, 0) is 18.4 Å².